The monoisotopic (exact) mass is 462 g/mol. The van der Waals surface area contributed by atoms with E-state index in [4.69, 9.17) is 4.98 Å². The van der Waals surface area contributed by atoms with Crippen LogP contribution in [0.25, 0.3) is 11.4 Å². The van der Waals surface area contributed by atoms with Crippen molar-refractivity contribution in [3.63, 3.8) is 0 Å². The summed E-state index contributed by atoms with van der Waals surface area (Å²) in [6.07, 6.45) is 4.96. The molecule has 3 aromatic rings. The first kappa shape index (κ1) is 21.6. The van der Waals surface area contributed by atoms with Crippen molar-refractivity contribution in [1.29, 1.82) is 0 Å². The highest BCUT2D eigenvalue weighted by Crippen LogP contribution is 2.33. The summed E-state index contributed by atoms with van der Waals surface area (Å²) in [6, 6.07) is 18.5. The van der Waals surface area contributed by atoms with Crippen molar-refractivity contribution >= 4 is 21.6 Å². The predicted molar refractivity (Wildman–Crippen MR) is 127 cm³/mol. The Labute approximate surface area is 194 Å². The Bertz CT molecular complexity index is 1260. The molecule has 1 unspecified atom stereocenters. The van der Waals surface area contributed by atoms with Crippen molar-refractivity contribution in [3.05, 3.63) is 78.1 Å². The fourth-order valence-electron chi connectivity index (χ4n) is 4.64. The van der Waals surface area contributed by atoms with Crippen molar-refractivity contribution < 1.29 is 13.2 Å². The van der Waals surface area contributed by atoms with E-state index in [0.717, 1.165) is 30.5 Å². The van der Waals surface area contributed by atoms with Crippen LogP contribution in [0.4, 0.5) is 5.69 Å². The summed E-state index contributed by atoms with van der Waals surface area (Å²) in [6.45, 7) is 1.09. The van der Waals surface area contributed by atoms with E-state index >= 15 is 0 Å². The first-order chi connectivity index (χ1) is 16.0. The summed E-state index contributed by atoms with van der Waals surface area (Å²) in [5.74, 6) is 0.690. The number of rotatable bonds is 4. The van der Waals surface area contributed by atoms with Crippen LogP contribution in [0, 0.1) is 0 Å². The minimum Gasteiger partial charge on any atom is -0.330 e. The Morgan fingerprint density at radius 3 is 2.61 bits per heavy atom. The molecular weight excluding hydrogens is 436 g/mol. The summed E-state index contributed by atoms with van der Waals surface area (Å²) in [5.41, 5.74) is 2.82. The van der Waals surface area contributed by atoms with Gasteiger partial charge >= 0.3 is 0 Å². The van der Waals surface area contributed by atoms with Gasteiger partial charge in [-0.1, -0.05) is 36.4 Å². The van der Waals surface area contributed by atoms with Crippen LogP contribution in [0.5, 0.6) is 0 Å². The van der Waals surface area contributed by atoms with E-state index < -0.39 is 10.0 Å². The second kappa shape index (κ2) is 8.94. The van der Waals surface area contributed by atoms with Gasteiger partial charge in [0.15, 0.2) is 5.82 Å². The van der Waals surface area contributed by atoms with Crippen LogP contribution < -0.4 is 4.31 Å². The highest BCUT2D eigenvalue weighted by Gasteiger charge is 2.33. The summed E-state index contributed by atoms with van der Waals surface area (Å²) in [7, 11) is -3.33. The van der Waals surface area contributed by atoms with Crippen molar-refractivity contribution in [2.24, 2.45) is 0 Å². The fourth-order valence-corrected chi connectivity index (χ4v) is 6.27. The van der Waals surface area contributed by atoms with Crippen LogP contribution in [0.3, 0.4) is 0 Å². The van der Waals surface area contributed by atoms with Gasteiger partial charge in [0.05, 0.1) is 23.2 Å². The average molecular weight is 463 g/mol. The molecule has 5 rings (SSSR count). The molecule has 170 valence electrons. The van der Waals surface area contributed by atoms with Crippen molar-refractivity contribution in [2.45, 2.75) is 31.7 Å². The number of hydrogen-bond donors (Lipinski definition) is 0. The molecule has 0 spiro atoms. The zero-order chi connectivity index (χ0) is 22.8. The topological polar surface area (TPSA) is 83.5 Å². The van der Waals surface area contributed by atoms with Crippen LogP contribution in [-0.4, -0.2) is 48.0 Å². The molecule has 0 radical (unpaired) electrons. The molecule has 0 bridgehead atoms. The molecule has 2 aliphatic rings. The fraction of sp³-hybridized carbons (Fsp3) is 0.320. The standard InChI is InChI=1S/C25H26N4O3S/c30-25(20-10-6-11-21(18-20)29-16-4-5-17-33(29,31)32)28-15-7-12-23(28)22-13-14-26-24(27-22)19-8-2-1-3-9-19/h1-3,6,8-11,13-14,18,23H,4-5,7,12,15-17H2. The Morgan fingerprint density at radius 2 is 1.79 bits per heavy atom. The number of nitrogens with zero attached hydrogens (tertiary/aromatic N) is 4. The maximum atomic E-state index is 13.5. The molecule has 2 aliphatic heterocycles. The number of carbonyl (C=O) groups excluding carboxylic acids is 1. The second-order valence-electron chi connectivity index (χ2n) is 8.47. The third-order valence-electron chi connectivity index (χ3n) is 6.29. The predicted octanol–water partition coefficient (Wildman–Crippen LogP) is 4.05. The third kappa shape index (κ3) is 4.35. The van der Waals surface area contributed by atoms with Gasteiger partial charge < -0.3 is 4.90 Å². The van der Waals surface area contributed by atoms with E-state index in [1.54, 1.807) is 30.5 Å². The zero-order valence-electron chi connectivity index (χ0n) is 18.3. The van der Waals surface area contributed by atoms with Crippen molar-refractivity contribution in [3.8, 4) is 11.4 Å². The molecular formula is C25H26N4O3S. The quantitative estimate of drug-likeness (QED) is 0.584. The van der Waals surface area contributed by atoms with Gasteiger partial charge in [0.1, 0.15) is 0 Å². The molecule has 2 saturated heterocycles. The lowest BCUT2D eigenvalue weighted by atomic mass is 10.1. The largest absolute Gasteiger partial charge is 0.330 e. The van der Waals surface area contributed by atoms with Gasteiger partial charge in [0, 0.05) is 30.4 Å². The van der Waals surface area contributed by atoms with Gasteiger partial charge in [-0.15, -0.1) is 0 Å². The Hall–Kier alpha value is -3.26. The van der Waals surface area contributed by atoms with Crippen LogP contribution in [-0.2, 0) is 10.0 Å². The molecule has 33 heavy (non-hydrogen) atoms. The van der Waals surface area contributed by atoms with Gasteiger partial charge in [-0.2, -0.15) is 0 Å². The van der Waals surface area contributed by atoms with Crippen molar-refractivity contribution in [2.75, 3.05) is 23.1 Å². The number of aromatic nitrogens is 2. The molecule has 7 nitrogen and oxygen atoms in total. The van der Waals surface area contributed by atoms with Gasteiger partial charge in [-0.25, -0.2) is 18.4 Å². The SMILES string of the molecule is O=C(c1cccc(N2CCCCS2(=O)=O)c1)N1CCCC1c1ccnc(-c2ccccc2)n1. The molecule has 2 fully saturated rings. The van der Waals surface area contributed by atoms with E-state index in [0.29, 0.717) is 36.6 Å². The minimum atomic E-state index is -3.33. The highest BCUT2D eigenvalue weighted by atomic mass is 32.2. The van der Waals surface area contributed by atoms with Crippen LogP contribution in [0.1, 0.15) is 47.8 Å². The van der Waals surface area contributed by atoms with E-state index in [1.807, 2.05) is 41.3 Å². The van der Waals surface area contributed by atoms with Gasteiger partial charge in [-0.05, 0) is 49.9 Å². The first-order valence-electron chi connectivity index (χ1n) is 11.3. The maximum Gasteiger partial charge on any atom is 0.254 e. The summed E-state index contributed by atoms with van der Waals surface area (Å²) < 4.78 is 26.5. The van der Waals surface area contributed by atoms with Gasteiger partial charge in [0.2, 0.25) is 10.0 Å². The van der Waals surface area contributed by atoms with E-state index in [1.165, 1.54) is 4.31 Å². The molecule has 0 saturated carbocycles. The van der Waals surface area contributed by atoms with Crippen LogP contribution >= 0.6 is 0 Å². The van der Waals surface area contributed by atoms with E-state index in [2.05, 4.69) is 4.98 Å². The Morgan fingerprint density at radius 1 is 0.939 bits per heavy atom. The third-order valence-corrected chi connectivity index (χ3v) is 8.16. The van der Waals surface area contributed by atoms with Gasteiger partial charge in [-0.3, -0.25) is 9.10 Å². The summed E-state index contributed by atoms with van der Waals surface area (Å²) in [4.78, 5) is 24.5. The molecule has 1 aromatic heterocycles. The molecule has 0 aliphatic carbocycles. The average Bonchev–Trinajstić information content (AvgIpc) is 3.34. The molecule has 8 heteroatoms. The normalized spacial score (nSPS) is 20.1. The second-order valence-corrected chi connectivity index (χ2v) is 10.5. The van der Waals surface area contributed by atoms with E-state index in [-0.39, 0.29) is 17.7 Å². The molecule has 3 heterocycles. The molecule has 1 atom stereocenters. The lowest BCUT2D eigenvalue weighted by Gasteiger charge is -2.29. The summed E-state index contributed by atoms with van der Waals surface area (Å²) >= 11 is 0. The highest BCUT2D eigenvalue weighted by molar-refractivity contribution is 7.92. The Kier molecular flexibility index (Phi) is 5.85. The van der Waals surface area contributed by atoms with Crippen LogP contribution in [0.2, 0.25) is 0 Å². The number of anilines is 1. The number of likely N-dealkylation sites (tertiary alicyclic amines) is 1. The van der Waals surface area contributed by atoms with Crippen molar-refractivity contribution in [1.82, 2.24) is 14.9 Å². The Balaban J connectivity index is 1.42. The minimum absolute atomic E-state index is 0.103. The first-order valence-corrected chi connectivity index (χ1v) is 12.9. The number of hydrogen-bond acceptors (Lipinski definition) is 5. The molecule has 1 amide bonds. The lowest BCUT2D eigenvalue weighted by Crippen LogP contribution is -2.38. The number of sulfonamides is 1. The molecule has 2 aromatic carbocycles. The van der Waals surface area contributed by atoms with Crippen LogP contribution in [0.15, 0.2) is 66.9 Å². The zero-order valence-corrected chi connectivity index (χ0v) is 19.1. The smallest absolute Gasteiger partial charge is 0.254 e. The van der Waals surface area contributed by atoms with Gasteiger partial charge in [0.25, 0.3) is 5.91 Å². The summed E-state index contributed by atoms with van der Waals surface area (Å²) in [5, 5.41) is 0. The van der Waals surface area contributed by atoms with E-state index in [9.17, 15) is 13.2 Å². The number of amides is 1. The maximum absolute atomic E-state index is 13.5. The molecule has 0 N–H and O–H groups in total. The lowest BCUT2D eigenvalue weighted by molar-refractivity contribution is 0.0733. The number of benzene rings is 2. The number of carbonyl (C=O) groups is 1.